The molecule has 0 atom stereocenters. The maximum atomic E-state index is 10.9. The molecule has 0 aliphatic rings. The van der Waals surface area contributed by atoms with Crippen LogP contribution in [-0.2, 0) is 17.6 Å². The number of benzene rings is 3. The number of carboxylic acid groups (broad SMARTS) is 1. The number of carbonyl (C=O) groups is 1. The Morgan fingerprint density at radius 1 is 0.931 bits per heavy atom. The Balaban J connectivity index is 1.95. The van der Waals surface area contributed by atoms with Crippen LogP contribution in [0.15, 0.2) is 66.7 Å². The Hall–Kier alpha value is -3.27. The fraction of sp³-hybridized carbons (Fsp3) is 0.240. The third kappa shape index (κ3) is 5.38. The summed E-state index contributed by atoms with van der Waals surface area (Å²) in [6, 6.07) is 21.5. The van der Waals surface area contributed by atoms with Crippen LogP contribution in [-0.4, -0.2) is 18.2 Å². The Kier molecular flexibility index (Phi) is 6.55. The van der Waals surface area contributed by atoms with Crippen molar-refractivity contribution in [1.82, 2.24) is 0 Å². The number of rotatable bonds is 8. The first-order valence-electron chi connectivity index (χ1n) is 9.69. The lowest BCUT2D eigenvalue weighted by Gasteiger charge is -2.18. The van der Waals surface area contributed by atoms with E-state index in [1.165, 1.54) is 5.56 Å². The van der Waals surface area contributed by atoms with Crippen molar-refractivity contribution in [2.45, 2.75) is 32.6 Å². The highest BCUT2D eigenvalue weighted by Crippen LogP contribution is 2.37. The summed E-state index contributed by atoms with van der Waals surface area (Å²) < 4.78 is 11.9. The second-order valence-corrected chi connectivity index (χ2v) is 7.34. The monoisotopic (exact) mass is 390 g/mol. The summed E-state index contributed by atoms with van der Waals surface area (Å²) in [7, 11) is 1.69. The zero-order valence-corrected chi connectivity index (χ0v) is 17.0. The molecule has 0 bridgehead atoms. The minimum absolute atomic E-state index is 0.000426. The van der Waals surface area contributed by atoms with Crippen molar-refractivity contribution in [3.05, 3.63) is 89.0 Å². The summed E-state index contributed by atoms with van der Waals surface area (Å²) in [6.45, 7) is 4.25. The van der Waals surface area contributed by atoms with Crippen molar-refractivity contribution in [3.8, 4) is 17.2 Å². The van der Waals surface area contributed by atoms with Crippen LogP contribution in [0.4, 0.5) is 0 Å². The van der Waals surface area contributed by atoms with Crippen LogP contribution >= 0.6 is 0 Å². The molecule has 4 heteroatoms. The van der Waals surface area contributed by atoms with E-state index in [-0.39, 0.29) is 12.3 Å². The zero-order chi connectivity index (χ0) is 20.8. The number of ether oxygens (including phenoxy) is 2. The number of hydrogen-bond acceptors (Lipinski definition) is 3. The molecule has 3 aromatic carbocycles. The van der Waals surface area contributed by atoms with Crippen molar-refractivity contribution >= 4 is 5.97 Å². The smallest absolute Gasteiger partial charge is 0.307 e. The molecule has 3 rings (SSSR count). The number of carboxylic acids is 1. The standard InChI is InChI=1S/C25H26O4/c1-17(2)22-16-23(29-21-11-9-19(10-12-21)14-25(26)27)20(15-24(22)28-3)13-18-7-5-4-6-8-18/h4-12,15-17H,13-14H2,1-3H3,(H,26,27). The third-order valence-corrected chi connectivity index (χ3v) is 4.78. The number of aliphatic carboxylic acids is 1. The van der Waals surface area contributed by atoms with E-state index < -0.39 is 5.97 Å². The predicted molar refractivity (Wildman–Crippen MR) is 114 cm³/mol. The van der Waals surface area contributed by atoms with E-state index in [4.69, 9.17) is 14.6 Å². The van der Waals surface area contributed by atoms with Gasteiger partial charge in [0.25, 0.3) is 0 Å². The molecule has 29 heavy (non-hydrogen) atoms. The van der Waals surface area contributed by atoms with Gasteiger partial charge in [0.05, 0.1) is 13.5 Å². The lowest BCUT2D eigenvalue weighted by Crippen LogP contribution is -2.01. The largest absolute Gasteiger partial charge is 0.496 e. The van der Waals surface area contributed by atoms with Gasteiger partial charge in [-0.1, -0.05) is 56.3 Å². The molecule has 4 nitrogen and oxygen atoms in total. The van der Waals surface area contributed by atoms with Crippen LogP contribution < -0.4 is 9.47 Å². The van der Waals surface area contributed by atoms with Gasteiger partial charge < -0.3 is 14.6 Å². The summed E-state index contributed by atoms with van der Waals surface area (Å²) in [5, 5.41) is 8.94. The zero-order valence-electron chi connectivity index (χ0n) is 17.0. The van der Waals surface area contributed by atoms with Crippen molar-refractivity contribution in [2.24, 2.45) is 0 Å². The highest BCUT2D eigenvalue weighted by atomic mass is 16.5. The van der Waals surface area contributed by atoms with Crippen molar-refractivity contribution in [2.75, 3.05) is 7.11 Å². The summed E-state index contributed by atoms with van der Waals surface area (Å²) >= 11 is 0. The molecular formula is C25H26O4. The Bertz CT molecular complexity index is 960. The normalized spacial score (nSPS) is 10.8. The van der Waals surface area contributed by atoms with E-state index in [0.717, 1.165) is 34.6 Å². The third-order valence-electron chi connectivity index (χ3n) is 4.78. The Morgan fingerprint density at radius 3 is 2.21 bits per heavy atom. The molecule has 0 spiro atoms. The lowest BCUT2D eigenvalue weighted by molar-refractivity contribution is -0.136. The van der Waals surface area contributed by atoms with Gasteiger partial charge in [0, 0.05) is 17.5 Å². The van der Waals surface area contributed by atoms with E-state index in [9.17, 15) is 4.79 Å². The first kappa shape index (κ1) is 20.5. The fourth-order valence-electron chi connectivity index (χ4n) is 3.27. The van der Waals surface area contributed by atoms with Crippen molar-refractivity contribution in [1.29, 1.82) is 0 Å². The number of hydrogen-bond donors (Lipinski definition) is 1. The van der Waals surface area contributed by atoms with Gasteiger partial charge in [0.2, 0.25) is 0 Å². The SMILES string of the molecule is COc1cc(Cc2ccccc2)c(Oc2ccc(CC(=O)O)cc2)cc1C(C)C. The molecule has 0 fully saturated rings. The molecule has 1 N–H and O–H groups in total. The summed E-state index contributed by atoms with van der Waals surface area (Å²) in [5.74, 6) is 1.75. The maximum absolute atomic E-state index is 10.9. The molecule has 3 aromatic rings. The van der Waals surface area contributed by atoms with Crippen molar-refractivity contribution in [3.63, 3.8) is 0 Å². The average molecular weight is 390 g/mol. The van der Waals surface area contributed by atoms with Crippen LogP contribution in [0.25, 0.3) is 0 Å². The molecule has 0 aromatic heterocycles. The van der Waals surface area contributed by atoms with Gasteiger partial charge in [-0.15, -0.1) is 0 Å². The van der Waals surface area contributed by atoms with Crippen molar-refractivity contribution < 1.29 is 19.4 Å². The molecule has 0 aliphatic heterocycles. The molecule has 0 aliphatic carbocycles. The van der Waals surface area contributed by atoms with Crippen LogP contribution in [0.3, 0.4) is 0 Å². The molecule has 0 saturated carbocycles. The first-order valence-corrected chi connectivity index (χ1v) is 9.69. The quantitative estimate of drug-likeness (QED) is 0.526. The minimum atomic E-state index is -0.847. The van der Waals surface area contributed by atoms with E-state index in [1.807, 2.05) is 36.4 Å². The van der Waals surface area contributed by atoms with Gasteiger partial charge in [-0.05, 0) is 41.3 Å². The molecule has 0 radical (unpaired) electrons. The number of methoxy groups -OCH3 is 1. The maximum Gasteiger partial charge on any atom is 0.307 e. The van der Waals surface area contributed by atoms with Crippen LogP contribution in [0.2, 0.25) is 0 Å². The topological polar surface area (TPSA) is 55.8 Å². The van der Waals surface area contributed by atoms with E-state index in [0.29, 0.717) is 5.75 Å². The Labute approximate surface area is 171 Å². The highest BCUT2D eigenvalue weighted by molar-refractivity contribution is 5.70. The average Bonchev–Trinajstić information content (AvgIpc) is 2.70. The van der Waals surface area contributed by atoms with Crippen LogP contribution in [0, 0.1) is 0 Å². The second kappa shape index (κ2) is 9.28. The van der Waals surface area contributed by atoms with Gasteiger partial charge in [-0.2, -0.15) is 0 Å². The molecule has 150 valence electrons. The lowest BCUT2D eigenvalue weighted by atomic mass is 9.96. The van der Waals surface area contributed by atoms with E-state index >= 15 is 0 Å². The Morgan fingerprint density at radius 2 is 1.62 bits per heavy atom. The summed E-state index contributed by atoms with van der Waals surface area (Å²) in [5.41, 5.74) is 4.05. The first-order chi connectivity index (χ1) is 14.0. The molecular weight excluding hydrogens is 364 g/mol. The summed E-state index contributed by atoms with van der Waals surface area (Å²) in [6.07, 6.45) is 0.724. The van der Waals surface area contributed by atoms with Crippen LogP contribution in [0.5, 0.6) is 17.2 Å². The molecule has 0 heterocycles. The van der Waals surface area contributed by atoms with Gasteiger partial charge in [-0.25, -0.2) is 0 Å². The minimum Gasteiger partial charge on any atom is -0.496 e. The molecule has 0 saturated heterocycles. The van der Waals surface area contributed by atoms with Gasteiger partial charge in [0.1, 0.15) is 17.2 Å². The summed E-state index contributed by atoms with van der Waals surface area (Å²) in [4.78, 5) is 10.9. The fourth-order valence-corrected chi connectivity index (χ4v) is 3.27. The molecule has 0 amide bonds. The highest BCUT2D eigenvalue weighted by Gasteiger charge is 2.15. The second-order valence-electron chi connectivity index (χ2n) is 7.34. The van der Waals surface area contributed by atoms with E-state index in [1.54, 1.807) is 19.2 Å². The predicted octanol–water partition coefficient (Wildman–Crippen LogP) is 5.83. The van der Waals surface area contributed by atoms with E-state index in [2.05, 4.69) is 32.0 Å². The van der Waals surface area contributed by atoms with Gasteiger partial charge in [0.15, 0.2) is 0 Å². The molecule has 0 unspecified atom stereocenters. The van der Waals surface area contributed by atoms with Gasteiger partial charge >= 0.3 is 5.97 Å². The van der Waals surface area contributed by atoms with Crippen LogP contribution in [0.1, 0.15) is 42.0 Å². The van der Waals surface area contributed by atoms with Gasteiger partial charge in [-0.3, -0.25) is 4.79 Å².